The van der Waals surface area contributed by atoms with Crippen LogP contribution in [0.2, 0.25) is 0 Å². The molecule has 1 heterocycles. The summed E-state index contributed by atoms with van der Waals surface area (Å²) in [7, 11) is 0. The molecular formula is C10H9NO4. The number of esters is 1. The second-order valence-electron chi connectivity index (χ2n) is 3.09. The zero-order chi connectivity index (χ0) is 10.8. The predicted octanol–water partition coefficient (Wildman–Crippen LogP) is -0.0359. The lowest BCUT2D eigenvalue weighted by Gasteiger charge is -2.09. The number of aliphatic hydroxyl groups excluding tert-OH is 1. The minimum atomic E-state index is -0.805. The molecule has 15 heavy (non-hydrogen) atoms. The smallest absolute Gasteiger partial charge is 0.335 e. The van der Waals surface area contributed by atoms with Crippen molar-refractivity contribution in [1.29, 1.82) is 0 Å². The van der Waals surface area contributed by atoms with Crippen molar-refractivity contribution in [2.24, 2.45) is 0 Å². The number of hydrogen-bond donors (Lipinski definition) is 2. The lowest BCUT2D eigenvalue weighted by atomic mass is 10.1. The van der Waals surface area contributed by atoms with E-state index in [2.05, 4.69) is 10.1 Å². The molecule has 1 aliphatic heterocycles. The standard InChI is InChI=1S/C10H9NO4/c12-5-15-10(14)8-6-3-1-2-4-7(6)9(13)11-8/h1-4,8,12H,5H2,(H,11,13). The number of rotatable bonds is 2. The summed E-state index contributed by atoms with van der Waals surface area (Å²) in [5.41, 5.74) is 1.05. The van der Waals surface area contributed by atoms with E-state index in [1.807, 2.05) is 0 Å². The van der Waals surface area contributed by atoms with Gasteiger partial charge in [0.1, 0.15) is 0 Å². The molecular weight excluding hydrogens is 198 g/mol. The summed E-state index contributed by atoms with van der Waals surface area (Å²) in [4.78, 5) is 22.8. The minimum Gasteiger partial charge on any atom is -0.437 e. The number of aliphatic hydroxyl groups is 1. The number of amides is 1. The first-order chi connectivity index (χ1) is 7.24. The van der Waals surface area contributed by atoms with Crippen molar-refractivity contribution < 1.29 is 19.4 Å². The number of carbonyl (C=O) groups excluding carboxylic acids is 2. The van der Waals surface area contributed by atoms with E-state index in [1.54, 1.807) is 24.3 Å². The maximum Gasteiger partial charge on any atom is 0.335 e. The highest BCUT2D eigenvalue weighted by Crippen LogP contribution is 2.25. The van der Waals surface area contributed by atoms with Crippen molar-refractivity contribution in [2.45, 2.75) is 6.04 Å². The molecule has 0 radical (unpaired) electrons. The SMILES string of the molecule is O=C1NC(C(=O)OCO)c2ccccc21. The number of fused-ring (bicyclic) bond motifs is 1. The molecule has 0 saturated carbocycles. The number of nitrogens with one attached hydrogen (secondary N) is 1. The molecule has 0 spiro atoms. The minimum absolute atomic E-state index is 0.300. The molecule has 0 aliphatic carbocycles. The Labute approximate surface area is 85.7 Å². The Bertz CT molecular complexity index is 416. The van der Waals surface area contributed by atoms with Gasteiger partial charge in [-0.25, -0.2) is 4.79 Å². The second-order valence-corrected chi connectivity index (χ2v) is 3.09. The highest BCUT2D eigenvalue weighted by molar-refractivity contribution is 6.03. The highest BCUT2D eigenvalue weighted by Gasteiger charge is 2.34. The molecule has 0 bridgehead atoms. The molecule has 2 N–H and O–H groups in total. The Balaban J connectivity index is 2.32. The first-order valence-corrected chi connectivity index (χ1v) is 4.41. The van der Waals surface area contributed by atoms with E-state index in [-0.39, 0.29) is 5.91 Å². The van der Waals surface area contributed by atoms with Gasteiger partial charge in [0.05, 0.1) is 0 Å². The first kappa shape index (κ1) is 9.67. The molecule has 1 unspecified atom stereocenters. The molecule has 78 valence electrons. The van der Waals surface area contributed by atoms with Gasteiger partial charge in [-0.2, -0.15) is 0 Å². The van der Waals surface area contributed by atoms with Gasteiger partial charge < -0.3 is 15.2 Å². The van der Waals surface area contributed by atoms with Gasteiger partial charge in [-0.3, -0.25) is 4.79 Å². The largest absolute Gasteiger partial charge is 0.437 e. The summed E-state index contributed by atoms with van der Waals surface area (Å²) < 4.78 is 4.43. The van der Waals surface area contributed by atoms with E-state index >= 15 is 0 Å². The molecule has 5 heteroatoms. The van der Waals surface area contributed by atoms with Crippen molar-refractivity contribution in [1.82, 2.24) is 5.32 Å². The average molecular weight is 207 g/mol. The molecule has 1 aromatic carbocycles. The quantitative estimate of drug-likeness (QED) is 0.527. The van der Waals surface area contributed by atoms with Crippen LogP contribution >= 0.6 is 0 Å². The zero-order valence-electron chi connectivity index (χ0n) is 7.77. The van der Waals surface area contributed by atoms with Crippen molar-refractivity contribution in [2.75, 3.05) is 6.79 Å². The van der Waals surface area contributed by atoms with E-state index in [1.165, 1.54) is 0 Å². The third-order valence-corrected chi connectivity index (χ3v) is 2.23. The molecule has 1 aromatic rings. The number of carbonyl (C=O) groups is 2. The lowest BCUT2D eigenvalue weighted by Crippen LogP contribution is -2.27. The van der Waals surface area contributed by atoms with Gasteiger partial charge in [-0.05, 0) is 11.6 Å². The maximum atomic E-state index is 11.4. The molecule has 5 nitrogen and oxygen atoms in total. The van der Waals surface area contributed by atoms with Gasteiger partial charge in [0.25, 0.3) is 5.91 Å². The van der Waals surface area contributed by atoms with Crippen LogP contribution in [0.5, 0.6) is 0 Å². The number of hydrogen-bond acceptors (Lipinski definition) is 4. The van der Waals surface area contributed by atoms with Crippen LogP contribution in [0.25, 0.3) is 0 Å². The molecule has 1 atom stereocenters. The van der Waals surface area contributed by atoms with Gasteiger partial charge in [0.15, 0.2) is 12.8 Å². The normalized spacial score (nSPS) is 18.2. The summed E-state index contributed by atoms with van der Waals surface area (Å²) in [6.45, 7) is -0.687. The van der Waals surface area contributed by atoms with E-state index < -0.39 is 18.8 Å². The third kappa shape index (κ3) is 1.57. The molecule has 1 aliphatic rings. The summed E-state index contributed by atoms with van der Waals surface area (Å²) in [5, 5.41) is 10.9. The number of benzene rings is 1. The van der Waals surface area contributed by atoms with Crippen molar-refractivity contribution in [3.8, 4) is 0 Å². The number of ether oxygens (including phenoxy) is 1. The molecule has 0 aromatic heterocycles. The van der Waals surface area contributed by atoms with Gasteiger partial charge in [-0.1, -0.05) is 18.2 Å². The summed E-state index contributed by atoms with van der Waals surface area (Å²) in [5.74, 6) is -0.957. The molecule has 0 fully saturated rings. The Hall–Kier alpha value is -1.88. The summed E-state index contributed by atoms with van der Waals surface area (Å²) in [6, 6.07) is 5.96. The Morgan fingerprint density at radius 1 is 1.47 bits per heavy atom. The summed E-state index contributed by atoms with van der Waals surface area (Å²) >= 11 is 0. The second kappa shape index (κ2) is 3.70. The fourth-order valence-electron chi connectivity index (χ4n) is 1.57. The molecule has 1 amide bonds. The average Bonchev–Trinajstić information content (AvgIpc) is 2.58. The van der Waals surface area contributed by atoms with Crippen LogP contribution in [0.3, 0.4) is 0 Å². The van der Waals surface area contributed by atoms with Gasteiger partial charge in [-0.15, -0.1) is 0 Å². The van der Waals surface area contributed by atoms with E-state index in [4.69, 9.17) is 5.11 Å². The Morgan fingerprint density at radius 3 is 2.93 bits per heavy atom. The fourth-order valence-corrected chi connectivity index (χ4v) is 1.57. The van der Waals surface area contributed by atoms with Crippen LogP contribution in [0.15, 0.2) is 24.3 Å². The Morgan fingerprint density at radius 2 is 2.20 bits per heavy atom. The van der Waals surface area contributed by atoms with E-state index in [0.29, 0.717) is 11.1 Å². The van der Waals surface area contributed by atoms with Crippen LogP contribution in [-0.4, -0.2) is 23.8 Å². The first-order valence-electron chi connectivity index (χ1n) is 4.41. The van der Waals surface area contributed by atoms with Crippen LogP contribution in [0, 0.1) is 0 Å². The Kier molecular flexibility index (Phi) is 2.39. The van der Waals surface area contributed by atoms with Gasteiger partial charge in [0, 0.05) is 5.56 Å². The lowest BCUT2D eigenvalue weighted by molar-refractivity contribution is -0.154. The van der Waals surface area contributed by atoms with Crippen molar-refractivity contribution in [3.63, 3.8) is 0 Å². The molecule has 0 saturated heterocycles. The zero-order valence-corrected chi connectivity index (χ0v) is 7.77. The van der Waals surface area contributed by atoms with Gasteiger partial charge >= 0.3 is 5.97 Å². The van der Waals surface area contributed by atoms with Gasteiger partial charge in [0.2, 0.25) is 0 Å². The van der Waals surface area contributed by atoms with Crippen LogP contribution in [-0.2, 0) is 9.53 Å². The fraction of sp³-hybridized carbons (Fsp3) is 0.200. The van der Waals surface area contributed by atoms with E-state index in [9.17, 15) is 9.59 Å². The van der Waals surface area contributed by atoms with Crippen LogP contribution in [0.4, 0.5) is 0 Å². The van der Waals surface area contributed by atoms with Crippen LogP contribution < -0.4 is 5.32 Å². The molecule has 2 rings (SSSR count). The van der Waals surface area contributed by atoms with Crippen molar-refractivity contribution >= 4 is 11.9 Å². The monoisotopic (exact) mass is 207 g/mol. The summed E-state index contributed by atoms with van der Waals surface area (Å²) in [6.07, 6.45) is 0. The predicted molar refractivity (Wildman–Crippen MR) is 49.8 cm³/mol. The third-order valence-electron chi connectivity index (χ3n) is 2.23. The van der Waals surface area contributed by atoms with Crippen molar-refractivity contribution in [3.05, 3.63) is 35.4 Å². The topological polar surface area (TPSA) is 75.6 Å². The van der Waals surface area contributed by atoms with E-state index in [0.717, 1.165) is 0 Å². The van der Waals surface area contributed by atoms with Crippen LogP contribution in [0.1, 0.15) is 22.0 Å². The maximum absolute atomic E-state index is 11.4. The highest BCUT2D eigenvalue weighted by atomic mass is 16.6.